The maximum absolute atomic E-state index is 5.43. The normalized spacial score (nSPS) is 23.3. The fraction of sp³-hybridized carbons (Fsp3) is 0.556. The summed E-state index contributed by atoms with van der Waals surface area (Å²) in [5.41, 5.74) is 0. The van der Waals surface area contributed by atoms with Crippen LogP contribution in [0.2, 0.25) is 0 Å². The average Bonchev–Trinajstić information content (AvgIpc) is 2.58. The lowest BCUT2D eigenvalue weighted by atomic mass is 10.2. The molecule has 0 unspecified atom stereocenters. The van der Waals surface area contributed by atoms with Gasteiger partial charge in [-0.25, -0.2) is 0 Å². The van der Waals surface area contributed by atoms with Gasteiger partial charge in [0, 0.05) is 6.42 Å². The Bertz CT molecular complexity index is 204. The van der Waals surface area contributed by atoms with Gasteiger partial charge in [-0.2, -0.15) is 0 Å². The van der Waals surface area contributed by atoms with Crippen molar-refractivity contribution in [1.82, 2.24) is 0 Å². The summed E-state index contributed by atoms with van der Waals surface area (Å²) < 4.78 is 10.8. The third kappa shape index (κ3) is 1.39. The zero-order valence-corrected chi connectivity index (χ0v) is 6.51. The molecule has 0 spiro atoms. The summed E-state index contributed by atoms with van der Waals surface area (Å²) in [6.07, 6.45) is 7.49. The second-order valence-corrected chi connectivity index (χ2v) is 2.76. The molecule has 0 atom stereocenters. The molecular formula is C9H12O2. The smallest absolute Gasteiger partial charge is 0.156 e. The molecule has 11 heavy (non-hydrogen) atoms. The minimum atomic E-state index is 0.816. The molecule has 2 nitrogen and oxygen atoms in total. The summed E-state index contributed by atoms with van der Waals surface area (Å²) in [5.74, 6) is 1.90. The summed E-state index contributed by atoms with van der Waals surface area (Å²) in [6, 6.07) is 0. The average molecular weight is 152 g/mol. The van der Waals surface area contributed by atoms with Crippen LogP contribution in [0.5, 0.6) is 0 Å². The molecule has 2 heterocycles. The Kier molecular flexibility index (Phi) is 1.84. The molecule has 2 heteroatoms. The number of rotatable bonds is 1. The van der Waals surface area contributed by atoms with E-state index in [4.69, 9.17) is 9.47 Å². The molecule has 60 valence electrons. The van der Waals surface area contributed by atoms with E-state index in [-0.39, 0.29) is 0 Å². The molecule has 0 aliphatic carbocycles. The molecule has 0 fully saturated rings. The highest BCUT2D eigenvalue weighted by molar-refractivity contribution is 5.23. The Balaban J connectivity index is 2.07. The lowest BCUT2D eigenvalue weighted by Crippen LogP contribution is -2.03. The van der Waals surface area contributed by atoms with Crippen LogP contribution in [-0.2, 0) is 9.47 Å². The summed E-state index contributed by atoms with van der Waals surface area (Å²) in [5, 5.41) is 0. The van der Waals surface area contributed by atoms with Crippen LogP contribution >= 0.6 is 0 Å². The van der Waals surface area contributed by atoms with Gasteiger partial charge in [-0.1, -0.05) is 0 Å². The fourth-order valence-electron chi connectivity index (χ4n) is 1.32. The van der Waals surface area contributed by atoms with E-state index >= 15 is 0 Å². The van der Waals surface area contributed by atoms with Gasteiger partial charge in [0.25, 0.3) is 0 Å². The predicted octanol–water partition coefficient (Wildman–Crippen LogP) is 1.98. The van der Waals surface area contributed by atoms with Crippen molar-refractivity contribution >= 4 is 0 Å². The number of allylic oxidation sites excluding steroid dienone is 1. The molecule has 0 radical (unpaired) electrons. The molecule has 2 aliphatic rings. The molecule has 0 aromatic rings. The van der Waals surface area contributed by atoms with Crippen LogP contribution in [0, 0.1) is 0 Å². The van der Waals surface area contributed by atoms with Crippen molar-refractivity contribution in [2.75, 3.05) is 13.2 Å². The van der Waals surface area contributed by atoms with Gasteiger partial charge < -0.3 is 9.47 Å². The van der Waals surface area contributed by atoms with E-state index < -0.39 is 0 Å². The SMILES string of the molecule is C1=C(C2=CCCCO2)OCC1. The molecule has 0 aromatic carbocycles. The summed E-state index contributed by atoms with van der Waals surface area (Å²) in [6.45, 7) is 1.66. The van der Waals surface area contributed by atoms with Crippen LogP contribution in [0.4, 0.5) is 0 Å². The zero-order valence-electron chi connectivity index (χ0n) is 6.51. The largest absolute Gasteiger partial charge is 0.490 e. The quantitative estimate of drug-likeness (QED) is 0.572. The molecule has 0 N–H and O–H groups in total. The van der Waals surface area contributed by atoms with Crippen molar-refractivity contribution in [2.45, 2.75) is 19.3 Å². The topological polar surface area (TPSA) is 18.5 Å². The van der Waals surface area contributed by atoms with Crippen LogP contribution in [-0.4, -0.2) is 13.2 Å². The predicted molar refractivity (Wildman–Crippen MR) is 41.9 cm³/mol. The maximum Gasteiger partial charge on any atom is 0.156 e. The van der Waals surface area contributed by atoms with Crippen LogP contribution in [0.25, 0.3) is 0 Å². The molecule has 2 aliphatic heterocycles. The highest BCUT2D eigenvalue weighted by Crippen LogP contribution is 2.22. The Morgan fingerprint density at radius 2 is 1.64 bits per heavy atom. The van der Waals surface area contributed by atoms with E-state index in [0.717, 1.165) is 44.0 Å². The van der Waals surface area contributed by atoms with Crippen LogP contribution in [0.3, 0.4) is 0 Å². The van der Waals surface area contributed by atoms with Gasteiger partial charge in [0.15, 0.2) is 11.5 Å². The van der Waals surface area contributed by atoms with Gasteiger partial charge in [-0.3, -0.25) is 0 Å². The minimum absolute atomic E-state index is 0.816. The second kappa shape index (κ2) is 2.99. The van der Waals surface area contributed by atoms with Gasteiger partial charge in [-0.15, -0.1) is 0 Å². The Hall–Kier alpha value is -0.920. The first-order valence-electron chi connectivity index (χ1n) is 4.13. The number of hydrogen-bond acceptors (Lipinski definition) is 2. The van der Waals surface area contributed by atoms with Crippen molar-refractivity contribution in [2.24, 2.45) is 0 Å². The van der Waals surface area contributed by atoms with Crippen LogP contribution in [0.15, 0.2) is 23.7 Å². The molecule has 0 bridgehead atoms. The monoisotopic (exact) mass is 152 g/mol. The van der Waals surface area contributed by atoms with Crippen LogP contribution in [0.1, 0.15) is 19.3 Å². The first kappa shape index (κ1) is 6.77. The van der Waals surface area contributed by atoms with Crippen molar-refractivity contribution < 1.29 is 9.47 Å². The van der Waals surface area contributed by atoms with Crippen molar-refractivity contribution in [1.29, 1.82) is 0 Å². The van der Waals surface area contributed by atoms with E-state index in [9.17, 15) is 0 Å². The lowest BCUT2D eigenvalue weighted by Gasteiger charge is -2.15. The zero-order chi connectivity index (χ0) is 7.52. The summed E-state index contributed by atoms with van der Waals surface area (Å²) in [7, 11) is 0. The van der Waals surface area contributed by atoms with Crippen molar-refractivity contribution in [3.63, 3.8) is 0 Å². The Labute approximate surface area is 66.5 Å². The first-order chi connectivity index (χ1) is 5.47. The molecular weight excluding hydrogens is 140 g/mol. The van der Waals surface area contributed by atoms with Gasteiger partial charge in [0.2, 0.25) is 0 Å². The molecule has 2 rings (SSSR count). The third-order valence-electron chi connectivity index (χ3n) is 1.88. The summed E-state index contributed by atoms with van der Waals surface area (Å²) in [4.78, 5) is 0. The molecule has 0 aromatic heterocycles. The number of hydrogen-bond donors (Lipinski definition) is 0. The third-order valence-corrected chi connectivity index (χ3v) is 1.88. The Morgan fingerprint density at radius 3 is 2.18 bits per heavy atom. The first-order valence-corrected chi connectivity index (χ1v) is 4.13. The van der Waals surface area contributed by atoms with Gasteiger partial charge in [0.1, 0.15) is 0 Å². The minimum Gasteiger partial charge on any atom is -0.490 e. The van der Waals surface area contributed by atoms with E-state index in [1.54, 1.807) is 0 Å². The van der Waals surface area contributed by atoms with Gasteiger partial charge in [-0.05, 0) is 25.0 Å². The van der Waals surface area contributed by atoms with Crippen molar-refractivity contribution in [3.05, 3.63) is 23.7 Å². The number of ether oxygens (including phenoxy) is 2. The lowest BCUT2D eigenvalue weighted by molar-refractivity contribution is 0.154. The Morgan fingerprint density at radius 1 is 0.909 bits per heavy atom. The van der Waals surface area contributed by atoms with Gasteiger partial charge in [0.05, 0.1) is 13.2 Å². The standard InChI is InChI=1S/C9H12O2/c1-2-6-10-8(4-1)9-5-3-7-11-9/h4-5H,1-3,6-7H2. The summed E-state index contributed by atoms with van der Waals surface area (Å²) >= 11 is 0. The highest BCUT2D eigenvalue weighted by Gasteiger charge is 2.14. The van der Waals surface area contributed by atoms with E-state index in [0.29, 0.717) is 0 Å². The fourth-order valence-corrected chi connectivity index (χ4v) is 1.32. The van der Waals surface area contributed by atoms with E-state index in [1.807, 2.05) is 0 Å². The molecule has 0 amide bonds. The van der Waals surface area contributed by atoms with E-state index in [1.165, 1.54) is 0 Å². The van der Waals surface area contributed by atoms with Gasteiger partial charge >= 0.3 is 0 Å². The maximum atomic E-state index is 5.43. The molecule has 0 saturated carbocycles. The second-order valence-electron chi connectivity index (χ2n) is 2.76. The van der Waals surface area contributed by atoms with Crippen LogP contribution < -0.4 is 0 Å². The van der Waals surface area contributed by atoms with Crippen molar-refractivity contribution in [3.8, 4) is 0 Å². The van der Waals surface area contributed by atoms with E-state index in [2.05, 4.69) is 12.2 Å². The highest BCUT2D eigenvalue weighted by atomic mass is 16.5. The molecule has 0 saturated heterocycles.